The molecule has 278 valence electrons. The predicted octanol–water partition coefficient (Wildman–Crippen LogP) is 2.59. The second-order valence-corrected chi connectivity index (χ2v) is 21.8. The van der Waals surface area contributed by atoms with E-state index in [1.54, 1.807) is 41.5 Å². The van der Waals surface area contributed by atoms with Gasteiger partial charge in [-0.2, -0.15) is 0 Å². The molecule has 18 heteroatoms. The van der Waals surface area contributed by atoms with Crippen molar-refractivity contribution in [3.05, 3.63) is 11.1 Å². The maximum atomic E-state index is 13.6. The summed E-state index contributed by atoms with van der Waals surface area (Å²) in [5.41, 5.74) is -3.49. The number of β-lactam (4-membered cyclic amide) rings is 1. The van der Waals surface area contributed by atoms with Crippen LogP contribution in [0.4, 0.5) is 9.93 Å². The maximum absolute atomic E-state index is 13.6. The average molecular weight is 731 g/mol. The number of aromatic nitrogens is 1. The number of carbonyl (C=O) groups excluding carboxylic acids is 4. The minimum Gasteiger partial charge on any atom is -0.457 e. The number of thiazole rings is 1. The number of carbonyl (C=O) groups is 4. The van der Waals surface area contributed by atoms with Crippen LogP contribution in [0.25, 0.3) is 0 Å². The summed E-state index contributed by atoms with van der Waals surface area (Å²) in [6.45, 7) is 21.0. The Morgan fingerprint density at radius 2 is 1.71 bits per heavy atom. The van der Waals surface area contributed by atoms with E-state index in [-0.39, 0.29) is 43.0 Å². The van der Waals surface area contributed by atoms with E-state index < -0.39 is 66.9 Å². The number of anilines is 1. The first-order valence-corrected chi connectivity index (χ1v) is 20.7. The van der Waals surface area contributed by atoms with E-state index in [0.29, 0.717) is 6.61 Å². The number of aliphatic hydroxyl groups excluding tert-OH is 1. The topological polar surface area (TPSA) is 208 Å². The lowest BCUT2D eigenvalue weighted by Crippen LogP contribution is -2.72. The van der Waals surface area contributed by atoms with Crippen LogP contribution in [-0.2, 0) is 38.2 Å². The highest BCUT2D eigenvalue weighted by atomic mass is 32.1. The second kappa shape index (κ2) is 17.7. The first kappa shape index (κ1) is 42.0. The van der Waals surface area contributed by atoms with Crippen molar-refractivity contribution >= 4 is 54.1 Å². The van der Waals surface area contributed by atoms with E-state index in [1.807, 2.05) is 0 Å². The smallest absolute Gasteiger partial charge is 0.413 e. The van der Waals surface area contributed by atoms with E-state index in [1.165, 1.54) is 19.2 Å². The fourth-order valence-electron chi connectivity index (χ4n) is 3.77. The van der Waals surface area contributed by atoms with Gasteiger partial charge in [-0.1, -0.05) is 24.8 Å². The molecular weight excluding hydrogens is 677 g/mol. The number of aliphatic hydroxyl groups is 1. The predicted molar refractivity (Wildman–Crippen MR) is 187 cm³/mol. The summed E-state index contributed by atoms with van der Waals surface area (Å²) < 4.78 is 21.5. The standard InChI is InChI=1S/C31H54N6O10SSi/c1-29(2,3)45-26(41)31(7,8)47-37-23(21-17-48-27(34-21)36-28(42)46-30(4,5)6)25(40)35-22-20(33-24(22)39)15-32-14-19(38)16-44-18-43-12-13-49(9,10)11/h17,19-20,22,32,38H,12-16,18H2,1-11H3,(H,33,39)(H,35,40)(H,34,36,42)/b37-23-/t19-,20+,22-/m0/s1. The molecule has 3 atom stereocenters. The van der Waals surface area contributed by atoms with Crippen LogP contribution in [0.3, 0.4) is 0 Å². The summed E-state index contributed by atoms with van der Waals surface area (Å²) in [5, 5.41) is 26.7. The molecule has 0 aromatic carbocycles. The number of rotatable bonds is 18. The van der Waals surface area contributed by atoms with Gasteiger partial charge in [-0.15, -0.1) is 11.3 Å². The molecule has 1 aliphatic rings. The summed E-state index contributed by atoms with van der Waals surface area (Å²) in [5.74, 6) is -1.97. The van der Waals surface area contributed by atoms with Crippen LogP contribution in [0.5, 0.6) is 0 Å². The average Bonchev–Trinajstić information content (AvgIpc) is 3.38. The second-order valence-electron chi connectivity index (χ2n) is 15.3. The molecule has 0 spiro atoms. The molecule has 5 N–H and O–H groups in total. The van der Waals surface area contributed by atoms with E-state index in [0.717, 1.165) is 17.4 Å². The fraction of sp³-hybridized carbons (Fsp3) is 0.742. The molecule has 1 aliphatic heterocycles. The number of amides is 3. The Labute approximate surface area is 293 Å². The Bertz CT molecular complexity index is 1320. The van der Waals surface area contributed by atoms with Crippen molar-refractivity contribution in [1.29, 1.82) is 0 Å². The van der Waals surface area contributed by atoms with Crippen molar-refractivity contribution in [2.75, 3.05) is 38.4 Å². The summed E-state index contributed by atoms with van der Waals surface area (Å²) in [6.07, 6.45) is -1.57. The van der Waals surface area contributed by atoms with Gasteiger partial charge in [-0.05, 0) is 61.4 Å². The number of nitrogens with zero attached hydrogens (tertiary/aromatic N) is 2. The maximum Gasteiger partial charge on any atom is 0.413 e. The zero-order valence-electron chi connectivity index (χ0n) is 30.5. The van der Waals surface area contributed by atoms with Crippen LogP contribution in [-0.4, -0.2) is 116 Å². The highest BCUT2D eigenvalue weighted by Gasteiger charge is 2.41. The van der Waals surface area contributed by atoms with Gasteiger partial charge in [0, 0.05) is 33.2 Å². The lowest BCUT2D eigenvalue weighted by molar-refractivity contribution is -0.179. The van der Waals surface area contributed by atoms with Crippen molar-refractivity contribution in [1.82, 2.24) is 20.9 Å². The number of hydrogen-bond acceptors (Lipinski definition) is 14. The Kier molecular flexibility index (Phi) is 15.1. The van der Waals surface area contributed by atoms with Gasteiger partial charge in [0.05, 0.1) is 18.8 Å². The van der Waals surface area contributed by atoms with Crippen LogP contribution in [0, 0.1) is 0 Å². The van der Waals surface area contributed by atoms with Crippen LogP contribution in [0.15, 0.2) is 10.5 Å². The Balaban J connectivity index is 2.06. The van der Waals surface area contributed by atoms with E-state index in [2.05, 4.69) is 51.0 Å². The number of nitrogens with one attached hydrogen (secondary N) is 4. The number of hydrogen-bond donors (Lipinski definition) is 5. The Morgan fingerprint density at radius 3 is 2.31 bits per heavy atom. The van der Waals surface area contributed by atoms with Gasteiger partial charge in [-0.25, -0.2) is 14.6 Å². The van der Waals surface area contributed by atoms with Crippen molar-refractivity contribution in [3.63, 3.8) is 0 Å². The van der Waals surface area contributed by atoms with Gasteiger partial charge < -0.3 is 44.8 Å². The number of ether oxygens (including phenoxy) is 4. The van der Waals surface area contributed by atoms with Gasteiger partial charge in [0.25, 0.3) is 5.91 Å². The molecule has 3 amide bonds. The minimum absolute atomic E-state index is 0.00976. The molecule has 0 radical (unpaired) electrons. The Morgan fingerprint density at radius 1 is 1.06 bits per heavy atom. The molecule has 1 aromatic rings. The summed E-state index contributed by atoms with van der Waals surface area (Å²) in [6, 6.07) is -0.434. The van der Waals surface area contributed by atoms with E-state index in [4.69, 9.17) is 23.8 Å². The van der Waals surface area contributed by atoms with Crippen molar-refractivity contribution in [2.45, 2.75) is 116 Å². The Hall–Kier alpha value is -3.16. The monoisotopic (exact) mass is 730 g/mol. The quantitative estimate of drug-likeness (QED) is 0.0281. The molecule has 2 rings (SSSR count). The molecule has 1 saturated heterocycles. The molecular formula is C31H54N6O10SSi. The molecule has 2 heterocycles. The van der Waals surface area contributed by atoms with Crippen molar-refractivity contribution < 1.29 is 48.1 Å². The number of esters is 1. The molecule has 0 saturated carbocycles. The first-order valence-electron chi connectivity index (χ1n) is 16.1. The molecule has 0 unspecified atom stereocenters. The minimum atomic E-state index is -1.60. The van der Waals surface area contributed by atoms with Gasteiger partial charge in [0.2, 0.25) is 11.5 Å². The van der Waals surface area contributed by atoms with Crippen LogP contribution < -0.4 is 21.3 Å². The van der Waals surface area contributed by atoms with Gasteiger partial charge in [-0.3, -0.25) is 14.9 Å². The third-order valence-corrected chi connectivity index (χ3v) is 8.80. The largest absolute Gasteiger partial charge is 0.457 e. The zero-order valence-corrected chi connectivity index (χ0v) is 32.3. The van der Waals surface area contributed by atoms with Crippen molar-refractivity contribution in [3.8, 4) is 0 Å². The third kappa shape index (κ3) is 15.9. The summed E-state index contributed by atoms with van der Waals surface area (Å²) in [4.78, 5) is 60.8. The van der Waals surface area contributed by atoms with Crippen molar-refractivity contribution in [2.24, 2.45) is 5.16 Å². The lowest BCUT2D eigenvalue weighted by atomic mass is 9.98. The van der Waals surface area contributed by atoms with Crippen LogP contribution in [0.2, 0.25) is 25.7 Å². The zero-order chi connectivity index (χ0) is 37.2. The van der Waals surface area contributed by atoms with Crippen LogP contribution >= 0.6 is 11.3 Å². The first-order chi connectivity index (χ1) is 22.5. The molecule has 1 fully saturated rings. The van der Waals surface area contributed by atoms with E-state index in [9.17, 15) is 24.3 Å². The molecule has 49 heavy (non-hydrogen) atoms. The third-order valence-electron chi connectivity index (χ3n) is 6.34. The fourth-order valence-corrected chi connectivity index (χ4v) is 5.20. The van der Waals surface area contributed by atoms with Gasteiger partial charge in [0.1, 0.15) is 29.7 Å². The lowest BCUT2D eigenvalue weighted by Gasteiger charge is -2.37. The summed E-state index contributed by atoms with van der Waals surface area (Å²) in [7, 11) is -1.19. The SMILES string of the molecule is CC(C)(C)OC(=O)Nc1nc(/C(=N/OC(C)(C)C(=O)OC(C)(C)C)C(=O)N[C@@H]2C(=O)N[C@@H]2CNC[C@H](O)COCOCC[Si](C)(C)C)cs1. The summed E-state index contributed by atoms with van der Waals surface area (Å²) >= 11 is 1.00. The molecule has 1 aromatic heterocycles. The van der Waals surface area contributed by atoms with E-state index >= 15 is 0 Å². The normalized spacial score (nSPS) is 17.8. The number of oxime groups is 1. The van der Waals surface area contributed by atoms with Gasteiger partial charge >= 0.3 is 12.1 Å². The highest BCUT2D eigenvalue weighted by Crippen LogP contribution is 2.21. The van der Waals surface area contributed by atoms with Gasteiger partial charge in [0.15, 0.2) is 10.8 Å². The highest BCUT2D eigenvalue weighted by molar-refractivity contribution is 7.14. The van der Waals surface area contributed by atoms with Crippen LogP contribution in [0.1, 0.15) is 61.1 Å². The molecule has 0 bridgehead atoms. The molecule has 16 nitrogen and oxygen atoms in total. The molecule has 0 aliphatic carbocycles.